The van der Waals surface area contributed by atoms with Crippen molar-refractivity contribution in [1.82, 2.24) is 20.2 Å². The van der Waals surface area contributed by atoms with Crippen LogP contribution in [0.4, 0.5) is 4.39 Å². The molecule has 0 unspecified atom stereocenters. The molecule has 0 aliphatic rings. The Kier molecular flexibility index (Phi) is 4.46. The highest BCUT2D eigenvalue weighted by Crippen LogP contribution is 2.23. The van der Waals surface area contributed by atoms with Crippen molar-refractivity contribution in [2.75, 3.05) is 0 Å². The predicted molar refractivity (Wildman–Crippen MR) is 71.4 cm³/mol. The van der Waals surface area contributed by atoms with Crippen molar-refractivity contribution in [3.8, 4) is 0 Å². The van der Waals surface area contributed by atoms with E-state index in [0.29, 0.717) is 16.5 Å². The third-order valence-corrected chi connectivity index (χ3v) is 3.51. The van der Waals surface area contributed by atoms with E-state index in [2.05, 4.69) is 15.5 Å². The van der Waals surface area contributed by atoms with Crippen molar-refractivity contribution < 1.29 is 14.3 Å². The van der Waals surface area contributed by atoms with Crippen molar-refractivity contribution in [3.63, 3.8) is 0 Å². The number of carbonyl (C=O) groups is 1. The zero-order valence-electron chi connectivity index (χ0n) is 10.5. The van der Waals surface area contributed by atoms with Crippen LogP contribution in [0, 0.1) is 5.82 Å². The number of thioether (sulfide) groups is 1. The van der Waals surface area contributed by atoms with Crippen LogP contribution in [0.5, 0.6) is 0 Å². The normalized spacial score (nSPS) is 11.1. The molecule has 0 amide bonds. The van der Waals surface area contributed by atoms with E-state index < -0.39 is 11.8 Å². The van der Waals surface area contributed by atoms with Gasteiger partial charge in [-0.1, -0.05) is 17.8 Å². The highest BCUT2D eigenvalue weighted by molar-refractivity contribution is 7.98. The van der Waals surface area contributed by atoms with E-state index in [1.807, 2.05) is 0 Å². The van der Waals surface area contributed by atoms with Crippen LogP contribution in [0.15, 0.2) is 29.4 Å². The Bertz CT molecular complexity index is 657. The number of carboxylic acids is 1. The first-order valence-electron chi connectivity index (χ1n) is 5.61. The maximum absolute atomic E-state index is 13.2. The molecule has 0 aliphatic heterocycles. The molecule has 0 radical (unpaired) electrons. The van der Waals surface area contributed by atoms with Crippen LogP contribution in [0.2, 0.25) is 0 Å². The molecule has 0 fully saturated rings. The van der Waals surface area contributed by atoms with Gasteiger partial charge in [-0.15, -0.1) is 5.10 Å². The summed E-state index contributed by atoms with van der Waals surface area (Å²) >= 11 is 1.38. The van der Waals surface area contributed by atoms with Gasteiger partial charge in [0.2, 0.25) is 5.16 Å². The van der Waals surface area contributed by atoms with Crippen molar-refractivity contribution in [1.29, 1.82) is 0 Å². The van der Waals surface area contributed by atoms with Crippen LogP contribution in [-0.2, 0) is 17.6 Å². The number of aromatic nitrogens is 4. The molecule has 1 aromatic heterocycles. The van der Waals surface area contributed by atoms with E-state index in [1.54, 1.807) is 13.1 Å². The van der Waals surface area contributed by atoms with Crippen LogP contribution >= 0.6 is 11.8 Å². The van der Waals surface area contributed by atoms with Crippen molar-refractivity contribution in [3.05, 3.63) is 41.2 Å². The highest BCUT2D eigenvalue weighted by Gasteiger charge is 2.07. The van der Waals surface area contributed by atoms with E-state index in [-0.39, 0.29) is 0 Å². The minimum absolute atomic E-state index is 0.413. The maximum atomic E-state index is 13.2. The number of rotatable bonds is 5. The van der Waals surface area contributed by atoms with Crippen molar-refractivity contribution >= 4 is 23.8 Å². The molecule has 6 nitrogen and oxygen atoms in total. The molecule has 1 N–H and O–H groups in total. The average Bonchev–Trinajstić information content (AvgIpc) is 2.81. The molecule has 2 rings (SSSR count). The largest absolute Gasteiger partial charge is 0.478 e. The number of hydrogen-bond acceptors (Lipinski definition) is 5. The number of hydrogen-bond donors (Lipinski definition) is 1. The molecule has 2 aromatic rings. The molecule has 1 aromatic carbocycles. The number of halogens is 1. The third-order valence-electron chi connectivity index (χ3n) is 2.45. The molecule has 104 valence electrons. The third kappa shape index (κ3) is 3.64. The molecule has 20 heavy (non-hydrogen) atoms. The maximum Gasteiger partial charge on any atom is 0.328 e. The second-order valence-corrected chi connectivity index (χ2v) is 4.83. The van der Waals surface area contributed by atoms with Crippen LogP contribution in [0.3, 0.4) is 0 Å². The summed E-state index contributed by atoms with van der Waals surface area (Å²) in [4.78, 5) is 10.5. The fourth-order valence-corrected chi connectivity index (χ4v) is 2.36. The number of aryl methyl sites for hydroxylation is 1. The predicted octanol–water partition coefficient (Wildman–Crippen LogP) is 1.74. The first-order valence-corrected chi connectivity index (χ1v) is 6.59. The lowest BCUT2D eigenvalue weighted by Crippen LogP contribution is -1.95. The van der Waals surface area contributed by atoms with E-state index >= 15 is 0 Å². The monoisotopic (exact) mass is 294 g/mol. The summed E-state index contributed by atoms with van der Waals surface area (Å²) in [6.45, 7) is 0. The number of tetrazole rings is 1. The van der Waals surface area contributed by atoms with Gasteiger partial charge in [0.1, 0.15) is 5.82 Å². The second-order valence-electron chi connectivity index (χ2n) is 3.89. The summed E-state index contributed by atoms with van der Waals surface area (Å²) in [6, 6.07) is 4.25. The molecule has 1 heterocycles. The van der Waals surface area contributed by atoms with Gasteiger partial charge in [0.15, 0.2) is 0 Å². The summed E-state index contributed by atoms with van der Waals surface area (Å²) in [7, 11) is 1.72. The molecule has 0 saturated heterocycles. The van der Waals surface area contributed by atoms with Gasteiger partial charge >= 0.3 is 5.97 Å². The zero-order chi connectivity index (χ0) is 14.5. The standard InChI is InChI=1S/C12H11FN4O2S/c1-17-12(14-15-16-17)20-7-9-2-4-10(13)6-8(9)3-5-11(18)19/h2-6H,7H2,1H3,(H,18,19). The molecule has 0 saturated carbocycles. The fourth-order valence-electron chi connectivity index (χ4n) is 1.50. The van der Waals surface area contributed by atoms with E-state index in [1.165, 1.54) is 34.7 Å². The Hall–Kier alpha value is -2.22. The number of benzene rings is 1. The van der Waals surface area contributed by atoms with Gasteiger partial charge in [-0.05, 0) is 39.8 Å². The Morgan fingerprint density at radius 1 is 1.55 bits per heavy atom. The van der Waals surface area contributed by atoms with Gasteiger partial charge in [-0.2, -0.15) is 0 Å². The SMILES string of the molecule is Cn1nnnc1SCc1ccc(F)cc1C=CC(=O)O. The van der Waals surface area contributed by atoms with Gasteiger partial charge in [-0.25, -0.2) is 13.9 Å². The van der Waals surface area contributed by atoms with Crippen molar-refractivity contribution in [2.24, 2.45) is 7.05 Å². The minimum Gasteiger partial charge on any atom is -0.478 e. The Morgan fingerprint density at radius 2 is 2.35 bits per heavy atom. The van der Waals surface area contributed by atoms with Gasteiger partial charge in [0.05, 0.1) is 0 Å². The van der Waals surface area contributed by atoms with Crippen LogP contribution in [-0.4, -0.2) is 31.3 Å². The summed E-state index contributed by atoms with van der Waals surface area (Å²) in [5.74, 6) is -0.983. The second kappa shape index (κ2) is 6.29. The highest BCUT2D eigenvalue weighted by atomic mass is 32.2. The summed E-state index contributed by atoms with van der Waals surface area (Å²) in [5.41, 5.74) is 1.33. The fraction of sp³-hybridized carbons (Fsp3) is 0.167. The smallest absolute Gasteiger partial charge is 0.328 e. The summed E-state index contributed by atoms with van der Waals surface area (Å²) in [5, 5.41) is 20.3. The lowest BCUT2D eigenvalue weighted by Gasteiger charge is -2.05. The van der Waals surface area contributed by atoms with E-state index in [9.17, 15) is 9.18 Å². The number of carboxylic acid groups (broad SMARTS) is 1. The lowest BCUT2D eigenvalue weighted by molar-refractivity contribution is -0.131. The van der Waals surface area contributed by atoms with Crippen LogP contribution in [0.25, 0.3) is 6.08 Å². The molecule has 0 bridgehead atoms. The first kappa shape index (κ1) is 14.2. The topological polar surface area (TPSA) is 80.9 Å². The van der Waals surface area contributed by atoms with Crippen molar-refractivity contribution in [2.45, 2.75) is 10.9 Å². The van der Waals surface area contributed by atoms with Gasteiger partial charge in [0.25, 0.3) is 0 Å². The molecular weight excluding hydrogens is 283 g/mol. The Labute approximate surface area is 118 Å². The van der Waals surface area contributed by atoms with Gasteiger partial charge in [0, 0.05) is 18.9 Å². The van der Waals surface area contributed by atoms with E-state index in [0.717, 1.165) is 11.6 Å². The quantitative estimate of drug-likeness (QED) is 0.668. The minimum atomic E-state index is -1.08. The average molecular weight is 294 g/mol. The van der Waals surface area contributed by atoms with Gasteiger partial charge < -0.3 is 5.11 Å². The lowest BCUT2D eigenvalue weighted by atomic mass is 10.1. The molecule has 0 atom stereocenters. The number of nitrogens with zero attached hydrogens (tertiary/aromatic N) is 4. The van der Waals surface area contributed by atoms with E-state index in [4.69, 9.17) is 5.11 Å². The summed E-state index contributed by atoms with van der Waals surface area (Å²) in [6.07, 6.45) is 2.35. The Balaban J connectivity index is 2.18. The number of aliphatic carboxylic acids is 1. The first-order chi connectivity index (χ1) is 9.56. The van der Waals surface area contributed by atoms with Gasteiger partial charge in [-0.3, -0.25) is 0 Å². The Morgan fingerprint density at radius 3 is 3.00 bits per heavy atom. The van der Waals surface area contributed by atoms with Crippen LogP contribution < -0.4 is 0 Å². The molecule has 8 heteroatoms. The molecule has 0 spiro atoms. The molecule has 0 aliphatic carbocycles. The summed E-state index contributed by atoms with van der Waals surface area (Å²) < 4.78 is 14.8. The molecular formula is C12H11FN4O2S. The zero-order valence-corrected chi connectivity index (χ0v) is 11.3. The van der Waals surface area contributed by atoms with Crippen LogP contribution in [0.1, 0.15) is 11.1 Å².